The van der Waals surface area contributed by atoms with Gasteiger partial charge in [0, 0.05) is 17.8 Å². The lowest BCUT2D eigenvalue weighted by Crippen LogP contribution is -2.31. The summed E-state index contributed by atoms with van der Waals surface area (Å²) in [5.41, 5.74) is 3.34. The van der Waals surface area contributed by atoms with E-state index in [9.17, 15) is 13.2 Å². The second-order valence-corrected chi connectivity index (χ2v) is 10.6. The molecule has 2 unspecified atom stereocenters. The summed E-state index contributed by atoms with van der Waals surface area (Å²) in [6, 6.07) is 16.3. The van der Waals surface area contributed by atoms with Crippen molar-refractivity contribution in [2.24, 2.45) is 0 Å². The fourth-order valence-electron chi connectivity index (χ4n) is 4.01. The van der Waals surface area contributed by atoms with Crippen LogP contribution >= 0.6 is 8.58 Å². The van der Waals surface area contributed by atoms with Crippen LogP contribution in [0.1, 0.15) is 30.0 Å². The van der Waals surface area contributed by atoms with Crippen LogP contribution in [-0.2, 0) is 21.2 Å². The lowest BCUT2D eigenvalue weighted by molar-refractivity contribution is -0.139. The van der Waals surface area contributed by atoms with Crippen molar-refractivity contribution in [1.29, 1.82) is 0 Å². The maximum atomic E-state index is 13.1. The van der Waals surface area contributed by atoms with Crippen LogP contribution in [0.25, 0.3) is 11.3 Å². The minimum absolute atomic E-state index is 0.102. The Balaban J connectivity index is 1.55. The summed E-state index contributed by atoms with van der Waals surface area (Å²) < 4.78 is 34.4. The van der Waals surface area contributed by atoms with Crippen molar-refractivity contribution in [3.63, 3.8) is 0 Å². The fraction of sp³-hybridized carbons (Fsp3) is 0.250. The van der Waals surface area contributed by atoms with Crippen LogP contribution in [0.2, 0.25) is 0 Å². The molecule has 3 aromatic rings. The Hall–Kier alpha value is -2.80. The lowest BCUT2D eigenvalue weighted by Gasteiger charge is -2.27. The molecular weight excluding hydrogens is 459 g/mol. The van der Waals surface area contributed by atoms with Gasteiger partial charge in [0.15, 0.2) is 6.61 Å². The number of aromatic nitrogens is 1. The third-order valence-electron chi connectivity index (χ3n) is 5.61. The maximum Gasteiger partial charge on any atom is 0.341 e. The molecule has 0 amide bonds. The normalized spacial score (nSPS) is 16.0. The summed E-state index contributed by atoms with van der Waals surface area (Å²) in [7, 11) is -3.13. The number of benzene rings is 2. The van der Waals surface area contributed by atoms with E-state index in [0.29, 0.717) is 27.2 Å². The van der Waals surface area contributed by atoms with Gasteiger partial charge in [0.2, 0.25) is 10.0 Å². The topological polar surface area (TPSA) is 106 Å². The molecular formula is C24H25N2O5PS. The molecule has 0 saturated heterocycles. The Morgan fingerprint density at radius 1 is 1.21 bits per heavy atom. The predicted molar refractivity (Wildman–Crippen MR) is 129 cm³/mol. The summed E-state index contributed by atoms with van der Waals surface area (Å²) in [6.45, 7) is 1.67. The quantitative estimate of drug-likeness (QED) is 0.474. The summed E-state index contributed by atoms with van der Waals surface area (Å²) in [6.07, 6.45) is 3.50. The number of nitrogens with one attached hydrogen (secondary N) is 1. The molecule has 9 heteroatoms. The van der Waals surface area contributed by atoms with Gasteiger partial charge in [-0.3, -0.25) is 4.98 Å². The van der Waals surface area contributed by atoms with Crippen LogP contribution in [0, 0.1) is 0 Å². The number of nitrogens with zero attached hydrogens (tertiary/aromatic N) is 1. The Kier molecular flexibility index (Phi) is 7.08. The average Bonchev–Trinajstić information content (AvgIpc) is 2.83. The molecule has 2 N–H and O–H groups in total. The molecule has 0 bridgehead atoms. The standard InChI is InChI=1S/C24H25N2O5PS/c1-32-17-6-2-5-16(13-17)21-12-11-18(14-25-21)33(29,30)26-22-9-3-8-20-19(22)7-4-10-23(20)31-15-24(27)28/h2,4-7,10-14,22,26,32H,3,8-9,15H2,1H3,(H,27,28). The third-order valence-corrected chi connectivity index (χ3v) is 7.95. The van der Waals surface area contributed by atoms with E-state index in [0.717, 1.165) is 28.8 Å². The van der Waals surface area contributed by atoms with Gasteiger partial charge in [-0.2, -0.15) is 0 Å². The van der Waals surface area contributed by atoms with Crippen LogP contribution in [0.5, 0.6) is 5.75 Å². The third kappa shape index (κ3) is 5.41. The predicted octanol–water partition coefficient (Wildman–Crippen LogP) is 3.50. The number of carbonyl (C=O) groups is 1. The van der Waals surface area contributed by atoms with Gasteiger partial charge in [-0.05, 0) is 66.6 Å². The Morgan fingerprint density at radius 2 is 2.03 bits per heavy atom. The zero-order valence-electron chi connectivity index (χ0n) is 18.1. The summed E-state index contributed by atoms with van der Waals surface area (Å²) in [4.78, 5) is 15.4. The molecule has 2 aromatic carbocycles. The molecule has 0 saturated carbocycles. The SMILES string of the molecule is CPc1cccc(-c2ccc(S(=O)(=O)NC3CCCc4c(OCC(=O)O)cccc43)cn2)c1. The fourth-order valence-corrected chi connectivity index (χ4v) is 5.77. The van der Waals surface area contributed by atoms with Gasteiger partial charge in [0.05, 0.1) is 5.69 Å². The first-order chi connectivity index (χ1) is 15.9. The number of fused-ring (bicyclic) bond motifs is 1. The summed E-state index contributed by atoms with van der Waals surface area (Å²) in [5.74, 6) is -0.571. The lowest BCUT2D eigenvalue weighted by atomic mass is 9.87. The molecule has 4 rings (SSSR count). The minimum Gasteiger partial charge on any atom is -0.482 e. The molecule has 1 aliphatic rings. The van der Waals surface area contributed by atoms with Crippen LogP contribution in [0.4, 0.5) is 0 Å². The van der Waals surface area contributed by atoms with Gasteiger partial charge in [0.25, 0.3) is 0 Å². The summed E-state index contributed by atoms with van der Waals surface area (Å²) >= 11 is 0. The number of carboxylic acids is 1. The number of hydrogen-bond donors (Lipinski definition) is 2. The molecule has 0 radical (unpaired) electrons. The van der Waals surface area contributed by atoms with E-state index in [4.69, 9.17) is 9.84 Å². The number of pyridine rings is 1. The molecule has 33 heavy (non-hydrogen) atoms. The largest absolute Gasteiger partial charge is 0.482 e. The maximum absolute atomic E-state index is 13.1. The van der Waals surface area contributed by atoms with E-state index in [2.05, 4.69) is 28.5 Å². The van der Waals surface area contributed by atoms with Crippen LogP contribution in [0.3, 0.4) is 0 Å². The minimum atomic E-state index is -3.80. The van der Waals surface area contributed by atoms with Crippen molar-refractivity contribution in [2.75, 3.05) is 13.3 Å². The molecule has 1 aromatic heterocycles. The van der Waals surface area contributed by atoms with E-state index in [1.54, 1.807) is 24.3 Å². The molecule has 172 valence electrons. The molecule has 7 nitrogen and oxygen atoms in total. The van der Waals surface area contributed by atoms with Crippen molar-refractivity contribution < 1.29 is 23.1 Å². The molecule has 1 heterocycles. The van der Waals surface area contributed by atoms with Gasteiger partial charge in [-0.25, -0.2) is 17.9 Å². The highest BCUT2D eigenvalue weighted by molar-refractivity contribution is 7.89. The Morgan fingerprint density at radius 3 is 2.76 bits per heavy atom. The monoisotopic (exact) mass is 484 g/mol. The van der Waals surface area contributed by atoms with Crippen LogP contribution in [0.15, 0.2) is 65.7 Å². The van der Waals surface area contributed by atoms with Gasteiger partial charge in [0.1, 0.15) is 10.6 Å². The average molecular weight is 485 g/mol. The number of aliphatic carboxylic acids is 1. The molecule has 2 atom stereocenters. The van der Waals surface area contributed by atoms with Crippen molar-refractivity contribution in [3.8, 4) is 17.0 Å². The van der Waals surface area contributed by atoms with Crippen LogP contribution < -0.4 is 14.8 Å². The first-order valence-electron chi connectivity index (χ1n) is 10.6. The van der Waals surface area contributed by atoms with Crippen molar-refractivity contribution in [2.45, 2.75) is 30.2 Å². The van der Waals surface area contributed by atoms with Crippen molar-refractivity contribution in [1.82, 2.24) is 9.71 Å². The zero-order chi connectivity index (χ0) is 23.4. The van der Waals surface area contributed by atoms with Gasteiger partial charge in [-0.15, -0.1) is 0 Å². The first kappa shape index (κ1) is 23.4. The number of carboxylic acid groups (broad SMARTS) is 1. The molecule has 0 aliphatic heterocycles. The first-order valence-corrected chi connectivity index (χ1v) is 13.6. The van der Waals surface area contributed by atoms with E-state index in [1.165, 1.54) is 11.5 Å². The second-order valence-electron chi connectivity index (χ2n) is 7.78. The highest BCUT2D eigenvalue weighted by Gasteiger charge is 2.28. The van der Waals surface area contributed by atoms with E-state index < -0.39 is 28.6 Å². The Bertz CT molecular complexity index is 1260. The molecule has 1 aliphatic carbocycles. The number of ether oxygens (including phenoxy) is 1. The Labute approximate surface area is 195 Å². The van der Waals surface area contributed by atoms with Gasteiger partial charge in [-0.1, -0.05) is 38.9 Å². The highest BCUT2D eigenvalue weighted by Crippen LogP contribution is 2.36. The number of sulfonamides is 1. The molecule has 0 spiro atoms. The van der Waals surface area contributed by atoms with E-state index >= 15 is 0 Å². The van der Waals surface area contributed by atoms with Gasteiger partial charge >= 0.3 is 5.97 Å². The number of rotatable bonds is 8. The highest BCUT2D eigenvalue weighted by atomic mass is 32.2. The van der Waals surface area contributed by atoms with Crippen molar-refractivity contribution >= 4 is 29.9 Å². The zero-order valence-corrected chi connectivity index (χ0v) is 19.9. The van der Waals surface area contributed by atoms with Crippen LogP contribution in [-0.4, -0.2) is 37.7 Å². The van der Waals surface area contributed by atoms with E-state index in [1.807, 2.05) is 18.2 Å². The summed E-state index contributed by atoms with van der Waals surface area (Å²) in [5, 5.41) is 10.1. The van der Waals surface area contributed by atoms with Crippen molar-refractivity contribution in [3.05, 3.63) is 71.9 Å². The van der Waals surface area contributed by atoms with E-state index in [-0.39, 0.29) is 4.90 Å². The second kappa shape index (κ2) is 10.00. The number of hydrogen-bond acceptors (Lipinski definition) is 5. The van der Waals surface area contributed by atoms with Gasteiger partial charge < -0.3 is 9.84 Å². The smallest absolute Gasteiger partial charge is 0.341 e. The molecule has 0 fully saturated rings.